The Hall–Kier alpha value is -1.60. The van der Waals surface area contributed by atoms with E-state index in [1.165, 1.54) is 68.3 Å². The predicted octanol–water partition coefficient (Wildman–Crippen LogP) is 6.03. The Morgan fingerprint density at radius 1 is 0.846 bits per heavy atom. The summed E-state index contributed by atoms with van der Waals surface area (Å²) in [4.78, 5) is 2.86. The standard InChI is InChI=1S/C25H31N/c1-18-5-4-6-21(15-18)24-8-3-2-7-23(24)20-11-13-26(14-12-20)25-17-19-9-10-22(25)16-19/h2-8,15,19-20,22,25H,9-14,16-17H2,1H3/t19-,22-,25-/m0/s1. The van der Waals surface area contributed by atoms with Crippen molar-refractivity contribution in [2.75, 3.05) is 13.1 Å². The summed E-state index contributed by atoms with van der Waals surface area (Å²) in [5, 5.41) is 0. The number of likely N-dealkylation sites (tertiary alicyclic amines) is 1. The number of hydrogen-bond donors (Lipinski definition) is 0. The number of rotatable bonds is 3. The molecule has 5 rings (SSSR count). The summed E-state index contributed by atoms with van der Waals surface area (Å²) < 4.78 is 0. The van der Waals surface area contributed by atoms with E-state index in [2.05, 4.69) is 60.4 Å². The van der Waals surface area contributed by atoms with E-state index in [4.69, 9.17) is 0 Å². The van der Waals surface area contributed by atoms with Crippen LogP contribution in [-0.4, -0.2) is 24.0 Å². The van der Waals surface area contributed by atoms with Crippen molar-refractivity contribution in [3.63, 3.8) is 0 Å². The smallest absolute Gasteiger partial charge is 0.0126 e. The van der Waals surface area contributed by atoms with E-state index < -0.39 is 0 Å². The van der Waals surface area contributed by atoms with Crippen LogP contribution in [0.3, 0.4) is 0 Å². The van der Waals surface area contributed by atoms with Crippen molar-refractivity contribution in [3.8, 4) is 11.1 Å². The highest BCUT2D eigenvalue weighted by Gasteiger charge is 2.42. The lowest BCUT2D eigenvalue weighted by molar-refractivity contribution is 0.111. The van der Waals surface area contributed by atoms with Crippen LogP contribution < -0.4 is 0 Å². The lowest BCUT2D eigenvalue weighted by Gasteiger charge is -2.40. The number of aryl methyl sites for hydroxylation is 1. The summed E-state index contributed by atoms with van der Waals surface area (Å²) in [7, 11) is 0. The SMILES string of the molecule is Cc1cccc(-c2ccccc2C2CCN([C@H]3C[C@H]4CC[C@H]3C4)CC2)c1. The summed E-state index contributed by atoms with van der Waals surface area (Å²) in [5.74, 6) is 2.81. The lowest BCUT2D eigenvalue weighted by Crippen LogP contribution is -2.43. The fraction of sp³-hybridized carbons (Fsp3) is 0.520. The molecule has 2 saturated carbocycles. The molecule has 0 amide bonds. The molecule has 0 spiro atoms. The highest BCUT2D eigenvalue weighted by atomic mass is 15.2. The number of hydrogen-bond acceptors (Lipinski definition) is 1. The first-order chi connectivity index (χ1) is 12.8. The highest BCUT2D eigenvalue weighted by Crippen LogP contribution is 2.48. The van der Waals surface area contributed by atoms with E-state index in [9.17, 15) is 0 Å². The predicted molar refractivity (Wildman–Crippen MR) is 109 cm³/mol. The van der Waals surface area contributed by atoms with Crippen LogP contribution in [0.1, 0.15) is 55.6 Å². The minimum absolute atomic E-state index is 0.724. The minimum Gasteiger partial charge on any atom is -0.300 e. The van der Waals surface area contributed by atoms with Crippen molar-refractivity contribution in [2.45, 2.75) is 57.4 Å². The first kappa shape index (κ1) is 16.6. The van der Waals surface area contributed by atoms with Crippen molar-refractivity contribution in [1.29, 1.82) is 0 Å². The first-order valence-electron chi connectivity index (χ1n) is 10.7. The van der Waals surface area contributed by atoms with Crippen molar-refractivity contribution in [2.24, 2.45) is 11.8 Å². The maximum atomic E-state index is 2.86. The van der Waals surface area contributed by atoms with Gasteiger partial charge in [0, 0.05) is 6.04 Å². The van der Waals surface area contributed by atoms with E-state index in [1.54, 1.807) is 5.56 Å². The van der Waals surface area contributed by atoms with Crippen LogP contribution in [0.2, 0.25) is 0 Å². The largest absolute Gasteiger partial charge is 0.300 e. The van der Waals surface area contributed by atoms with Gasteiger partial charge >= 0.3 is 0 Å². The molecule has 3 fully saturated rings. The Bertz CT molecular complexity index is 771. The molecule has 26 heavy (non-hydrogen) atoms. The van der Waals surface area contributed by atoms with Gasteiger partial charge in [0.25, 0.3) is 0 Å². The molecule has 0 radical (unpaired) electrons. The van der Waals surface area contributed by atoms with Crippen LogP contribution in [0.15, 0.2) is 48.5 Å². The van der Waals surface area contributed by atoms with Gasteiger partial charge in [0.1, 0.15) is 0 Å². The molecule has 1 aliphatic heterocycles. The van der Waals surface area contributed by atoms with Gasteiger partial charge < -0.3 is 4.90 Å². The van der Waals surface area contributed by atoms with E-state index in [-0.39, 0.29) is 0 Å². The van der Waals surface area contributed by atoms with E-state index in [0.717, 1.165) is 23.8 Å². The second kappa shape index (κ2) is 6.85. The molecule has 2 aromatic rings. The van der Waals surface area contributed by atoms with Crippen molar-refractivity contribution >= 4 is 0 Å². The van der Waals surface area contributed by atoms with Crippen molar-refractivity contribution < 1.29 is 0 Å². The summed E-state index contributed by atoms with van der Waals surface area (Å²) in [5.41, 5.74) is 5.76. The third kappa shape index (κ3) is 3.01. The molecule has 1 nitrogen and oxygen atoms in total. The third-order valence-corrected chi connectivity index (χ3v) is 7.43. The lowest BCUT2D eigenvalue weighted by atomic mass is 9.83. The van der Waals surface area contributed by atoms with Crippen LogP contribution in [0.25, 0.3) is 11.1 Å². The van der Waals surface area contributed by atoms with Crippen molar-refractivity contribution in [3.05, 3.63) is 59.7 Å². The number of piperidine rings is 1. The van der Waals surface area contributed by atoms with Gasteiger partial charge in [-0.15, -0.1) is 0 Å². The van der Waals surface area contributed by atoms with E-state index >= 15 is 0 Å². The van der Waals surface area contributed by atoms with Gasteiger partial charge in [-0.3, -0.25) is 0 Å². The molecule has 2 aliphatic carbocycles. The third-order valence-electron chi connectivity index (χ3n) is 7.43. The average Bonchev–Trinajstić information content (AvgIpc) is 3.32. The van der Waals surface area contributed by atoms with E-state index in [0.29, 0.717) is 0 Å². The summed E-state index contributed by atoms with van der Waals surface area (Å²) in [6.45, 7) is 4.81. The van der Waals surface area contributed by atoms with Crippen molar-refractivity contribution in [1.82, 2.24) is 4.90 Å². The molecule has 0 aromatic heterocycles. The summed E-state index contributed by atoms with van der Waals surface area (Å²) in [6.07, 6.45) is 8.70. The van der Waals surface area contributed by atoms with Crippen LogP contribution in [0, 0.1) is 18.8 Å². The maximum Gasteiger partial charge on any atom is 0.0126 e. The van der Waals surface area contributed by atoms with Gasteiger partial charge in [0.05, 0.1) is 0 Å². The van der Waals surface area contributed by atoms with Crippen LogP contribution in [-0.2, 0) is 0 Å². The molecule has 3 aliphatic rings. The van der Waals surface area contributed by atoms with Gasteiger partial charge in [0.15, 0.2) is 0 Å². The Labute approximate surface area is 158 Å². The molecule has 0 unspecified atom stereocenters. The van der Waals surface area contributed by atoms with Gasteiger partial charge in [-0.1, -0.05) is 60.5 Å². The summed E-state index contributed by atoms with van der Waals surface area (Å²) in [6, 6.07) is 19.1. The Balaban J connectivity index is 1.33. The molecule has 2 aromatic carbocycles. The van der Waals surface area contributed by atoms with Gasteiger partial charge in [-0.2, -0.15) is 0 Å². The van der Waals surface area contributed by atoms with Crippen LogP contribution in [0.5, 0.6) is 0 Å². The molecular weight excluding hydrogens is 314 g/mol. The second-order valence-electron chi connectivity index (χ2n) is 9.01. The van der Waals surface area contributed by atoms with E-state index in [1.807, 2.05) is 0 Å². The molecule has 2 bridgehead atoms. The molecular formula is C25H31N. The zero-order valence-electron chi connectivity index (χ0n) is 16.0. The number of nitrogens with zero attached hydrogens (tertiary/aromatic N) is 1. The minimum atomic E-state index is 0.724. The monoisotopic (exact) mass is 345 g/mol. The summed E-state index contributed by atoms with van der Waals surface area (Å²) >= 11 is 0. The fourth-order valence-corrected chi connectivity index (χ4v) is 6.13. The molecule has 1 heteroatoms. The fourth-order valence-electron chi connectivity index (χ4n) is 6.13. The molecule has 136 valence electrons. The Kier molecular flexibility index (Phi) is 4.36. The topological polar surface area (TPSA) is 3.24 Å². The zero-order valence-corrected chi connectivity index (χ0v) is 16.0. The molecule has 0 N–H and O–H groups in total. The van der Waals surface area contributed by atoms with Gasteiger partial charge in [0.2, 0.25) is 0 Å². The average molecular weight is 346 g/mol. The molecule has 3 atom stereocenters. The quantitative estimate of drug-likeness (QED) is 0.656. The van der Waals surface area contributed by atoms with Crippen LogP contribution in [0.4, 0.5) is 0 Å². The van der Waals surface area contributed by atoms with Gasteiger partial charge in [-0.05, 0) is 86.6 Å². The number of benzene rings is 2. The Morgan fingerprint density at radius 3 is 2.42 bits per heavy atom. The number of fused-ring (bicyclic) bond motifs is 2. The molecule has 1 saturated heterocycles. The highest BCUT2D eigenvalue weighted by molar-refractivity contribution is 5.68. The normalized spacial score (nSPS) is 29.3. The van der Waals surface area contributed by atoms with Crippen LogP contribution >= 0.6 is 0 Å². The molecule has 1 heterocycles. The van der Waals surface area contributed by atoms with Gasteiger partial charge in [-0.25, -0.2) is 0 Å². The first-order valence-corrected chi connectivity index (χ1v) is 10.7. The Morgan fingerprint density at radius 2 is 1.69 bits per heavy atom. The maximum absolute atomic E-state index is 2.86. The second-order valence-corrected chi connectivity index (χ2v) is 9.01. The zero-order chi connectivity index (χ0) is 17.5.